The van der Waals surface area contributed by atoms with Crippen LogP contribution in [0.25, 0.3) is 10.8 Å². The quantitative estimate of drug-likeness (QED) is 0.820. The summed E-state index contributed by atoms with van der Waals surface area (Å²) >= 11 is 0. The Balaban J connectivity index is 0.000000330. The Hall–Kier alpha value is -2.95. The fraction of sp³-hybridized carbons (Fsp3) is 0. The highest BCUT2D eigenvalue weighted by atomic mass is 16.4. The van der Waals surface area contributed by atoms with Crippen molar-refractivity contribution in [1.82, 2.24) is 0 Å². The molecule has 0 aliphatic rings. The largest absolute Gasteiger partial charge is 0.478 e. The third-order valence-electron chi connectivity index (χ3n) is 2.03. The van der Waals surface area contributed by atoms with Gasteiger partial charge in [0.2, 0.25) is 0 Å². The smallest absolute Gasteiger partial charge is 0.328 e. The highest BCUT2D eigenvalue weighted by molar-refractivity contribution is 5.89. The van der Waals surface area contributed by atoms with Crippen LogP contribution in [0.3, 0.4) is 0 Å². The van der Waals surface area contributed by atoms with E-state index >= 15 is 0 Å². The average Bonchev–Trinajstić information content (AvgIpc) is 2.48. The minimum Gasteiger partial charge on any atom is -0.478 e. The molecule has 5 heteroatoms. The molecule has 20 heavy (non-hydrogen) atoms. The molecule has 104 valence electrons. The summed E-state index contributed by atoms with van der Waals surface area (Å²) in [4.78, 5) is 27.1. The second-order valence-electron chi connectivity index (χ2n) is 3.36. The molecule has 0 aliphatic carbocycles. The molecule has 0 heterocycles. The minimum atomic E-state index is -1.26. The Labute approximate surface area is 115 Å². The van der Waals surface area contributed by atoms with Crippen molar-refractivity contribution in [2.24, 2.45) is 0 Å². The molecule has 0 amide bonds. The van der Waals surface area contributed by atoms with Crippen LogP contribution in [0.1, 0.15) is 0 Å². The van der Waals surface area contributed by atoms with Gasteiger partial charge in [0.15, 0.2) is 0 Å². The van der Waals surface area contributed by atoms with Gasteiger partial charge in [-0.05, 0) is 10.8 Å². The molecule has 2 N–H and O–H groups in total. The maximum Gasteiger partial charge on any atom is 0.328 e. The van der Waals surface area contributed by atoms with Crippen molar-refractivity contribution in [3.05, 3.63) is 60.7 Å². The summed E-state index contributed by atoms with van der Waals surface area (Å²) < 4.78 is 0. The molecule has 0 unspecified atom stereocenters. The fourth-order valence-electron chi connectivity index (χ4n) is 1.28. The zero-order valence-corrected chi connectivity index (χ0v) is 10.6. The van der Waals surface area contributed by atoms with E-state index in [0.717, 1.165) is 0 Å². The van der Waals surface area contributed by atoms with Gasteiger partial charge >= 0.3 is 11.9 Å². The van der Waals surface area contributed by atoms with Crippen molar-refractivity contribution in [3.8, 4) is 0 Å². The highest BCUT2D eigenvalue weighted by Crippen LogP contribution is 2.11. The predicted molar refractivity (Wildman–Crippen MR) is 75.5 cm³/mol. The SMILES string of the molecule is C=O.O=C(O)/C=C\C(=O)O.c1ccc2ccccc2c1. The molecule has 0 spiro atoms. The molecule has 0 saturated heterocycles. The van der Waals surface area contributed by atoms with Crippen LogP contribution in [0, 0.1) is 0 Å². The third-order valence-corrected chi connectivity index (χ3v) is 2.03. The van der Waals surface area contributed by atoms with Crippen LogP contribution in [-0.2, 0) is 14.4 Å². The number of carbonyl (C=O) groups is 3. The van der Waals surface area contributed by atoms with Gasteiger partial charge in [0.05, 0.1) is 0 Å². The van der Waals surface area contributed by atoms with E-state index in [0.29, 0.717) is 12.2 Å². The van der Waals surface area contributed by atoms with E-state index in [-0.39, 0.29) is 0 Å². The molecule has 0 atom stereocenters. The number of rotatable bonds is 2. The predicted octanol–water partition coefficient (Wildman–Crippen LogP) is 2.37. The molecule has 5 nitrogen and oxygen atoms in total. The lowest BCUT2D eigenvalue weighted by atomic mass is 10.1. The van der Waals surface area contributed by atoms with Crippen molar-refractivity contribution in [3.63, 3.8) is 0 Å². The van der Waals surface area contributed by atoms with Crippen LogP contribution in [0.5, 0.6) is 0 Å². The van der Waals surface area contributed by atoms with Crippen molar-refractivity contribution in [2.45, 2.75) is 0 Å². The van der Waals surface area contributed by atoms with Crippen molar-refractivity contribution in [2.75, 3.05) is 0 Å². The Morgan fingerprint density at radius 1 is 0.750 bits per heavy atom. The maximum absolute atomic E-state index is 9.55. The van der Waals surface area contributed by atoms with E-state index in [9.17, 15) is 9.59 Å². The summed E-state index contributed by atoms with van der Waals surface area (Å²) in [5.41, 5.74) is 0. The summed E-state index contributed by atoms with van der Waals surface area (Å²) in [5, 5.41) is 18.2. The van der Waals surface area contributed by atoms with E-state index in [1.54, 1.807) is 0 Å². The molecular weight excluding hydrogens is 260 g/mol. The summed E-state index contributed by atoms with van der Waals surface area (Å²) in [6, 6.07) is 16.7. The number of carboxylic acids is 2. The first-order chi connectivity index (χ1) is 9.59. The molecule has 2 aromatic carbocycles. The summed E-state index contributed by atoms with van der Waals surface area (Å²) in [6.45, 7) is 2.00. The van der Waals surface area contributed by atoms with Gasteiger partial charge in [0.25, 0.3) is 0 Å². The van der Waals surface area contributed by atoms with E-state index in [1.807, 2.05) is 6.79 Å². The zero-order chi connectivity index (χ0) is 15.4. The van der Waals surface area contributed by atoms with Crippen molar-refractivity contribution >= 4 is 29.5 Å². The van der Waals surface area contributed by atoms with Gasteiger partial charge in [0.1, 0.15) is 6.79 Å². The summed E-state index contributed by atoms with van der Waals surface area (Å²) in [7, 11) is 0. The Kier molecular flexibility index (Phi) is 8.54. The number of aliphatic carboxylic acids is 2. The summed E-state index contributed by atoms with van der Waals surface area (Å²) in [6.07, 6.45) is 1.12. The molecule has 2 rings (SSSR count). The molecular formula is C15H14O5. The van der Waals surface area contributed by atoms with E-state index in [2.05, 4.69) is 48.5 Å². The average molecular weight is 274 g/mol. The van der Waals surface area contributed by atoms with Gasteiger partial charge in [-0.2, -0.15) is 0 Å². The van der Waals surface area contributed by atoms with E-state index in [1.165, 1.54) is 10.8 Å². The van der Waals surface area contributed by atoms with E-state index in [4.69, 9.17) is 15.0 Å². The topological polar surface area (TPSA) is 91.7 Å². The fourth-order valence-corrected chi connectivity index (χ4v) is 1.28. The monoisotopic (exact) mass is 274 g/mol. The molecule has 0 radical (unpaired) electrons. The maximum atomic E-state index is 9.55. The first kappa shape index (κ1) is 17.1. The number of hydrogen-bond acceptors (Lipinski definition) is 3. The van der Waals surface area contributed by atoms with Crippen molar-refractivity contribution in [1.29, 1.82) is 0 Å². The Morgan fingerprint density at radius 3 is 1.20 bits per heavy atom. The number of hydrogen-bond donors (Lipinski definition) is 2. The Bertz CT molecular complexity index is 508. The third kappa shape index (κ3) is 7.39. The van der Waals surface area contributed by atoms with Gasteiger partial charge in [-0.1, -0.05) is 48.5 Å². The number of carbonyl (C=O) groups excluding carboxylic acids is 1. The Morgan fingerprint density at radius 2 is 1.00 bits per heavy atom. The molecule has 0 bridgehead atoms. The van der Waals surface area contributed by atoms with Crippen LogP contribution < -0.4 is 0 Å². The first-order valence-electron chi connectivity index (χ1n) is 5.46. The van der Waals surface area contributed by atoms with Crippen molar-refractivity contribution < 1.29 is 24.6 Å². The lowest BCUT2D eigenvalue weighted by molar-refractivity contribution is -0.134. The van der Waals surface area contributed by atoms with Crippen LogP contribution in [-0.4, -0.2) is 28.9 Å². The zero-order valence-electron chi connectivity index (χ0n) is 10.6. The second kappa shape index (κ2) is 10.0. The van der Waals surface area contributed by atoms with Crippen LogP contribution in [0.2, 0.25) is 0 Å². The van der Waals surface area contributed by atoms with Gasteiger partial charge < -0.3 is 15.0 Å². The number of carboxylic acid groups (broad SMARTS) is 2. The molecule has 0 aliphatic heterocycles. The number of fused-ring (bicyclic) bond motifs is 1. The van der Waals surface area contributed by atoms with Gasteiger partial charge in [-0.25, -0.2) is 9.59 Å². The van der Waals surface area contributed by atoms with Gasteiger partial charge in [-0.3, -0.25) is 0 Å². The van der Waals surface area contributed by atoms with E-state index < -0.39 is 11.9 Å². The molecule has 2 aromatic rings. The van der Waals surface area contributed by atoms with Gasteiger partial charge in [0, 0.05) is 12.2 Å². The molecule has 0 fully saturated rings. The normalized spacial score (nSPS) is 9.00. The van der Waals surface area contributed by atoms with Crippen LogP contribution >= 0.6 is 0 Å². The minimum absolute atomic E-state index is 0.558. The lowest BCUT2D eigenvalue weighted by Gasteiger charge is -1.92. The molecule has 0 saturated carbocycles. The van der Waals surface area contributed by atoms with Crippen LogP contribution in [0.15, 0.2) is 60.7 Å². The highest BCUT2D eigenvalue weighted by Gasteiger charge is 1.88. The van der Waals surface area contributed by atoms with Gasteiger partial charge in [-0.15, -0.1) is 0 Å². The number of benzene rings is 2. The standard InChI is InChI=1S/C10H8.C4H4O4.CH2O/c1-2-6-10-8-4-3-7-9(10)5-1;5-3(6)1-2-4(7)8;1-2/h1-8H;1-2H,(H,5,6)(H,7,8);1H2/b;2-1-;. The molecule has 0 aromatic heterocycles. The lowest BCUT2D eigenvalue weighted by Crippen LogP contribution is -1.91. The first-order valence-corrected chi connectivity index (χ1v) is 5.46. The summed E-state index contributed by atoms with van der Waals surface area (Å²) in [5.74, 6) is -2.51. The van der Waals surface area contributed by atoms with Crippen LogP contribution in [0.4, 0.5) is 0 Å². The second-order valence-corrected chi connectivity index (χ2v) is 3.36.